The average molecular weight is 269 g/mol. The Hall–Kier alpha value is -2.11. The maximum absolute atomic E-state index is 12.1. The summed E-state index contributed by atoms with van der Waals surface area (Å²) in [5.74, 6) is -1.20. The zero-order valence-electron chi connectivity index (χ0n) is 11.2. The monoisotopic (exact) mass is 269 g/mol. The standard InChI is InChI=1S/C15H16BNO3/c1-11-7-5-6-10-13(11)14(16(19)20)17-15(18)12-8-3-2-4-9-12/h2-10,14,19-20H,1H3,(H,17,18). The van der Waals surface area contributed by atoms with Gasteiger partial charge in [0.25, 0.3) is 5.91 Å². The van der Waals surface area contributed by atoms with Gasteiger partial charge in [0.1, 0.15) is 0 Å². The highest BCUT2D eigenvalue weighted by molar-refractivity contribution is 6.43. The molecule has 2 aromatic rings. The molecular formula is C15H16BNO3. The molecule has 0 saturated heterocycles. The van der Waals surface area contributed by atoms with Crippen molar-refractivity contribution in [2.75, 3.05) is 0 Å². The molecule has 1 unspecified atom stereocenters. The second-order valence-corrected chi connectivity index (χ2v) is 4.59. The first-order valence-electron chi connectivity index (χ1n) is 6.37. The minimum Gasteiger partial charge on any atom is -0.426 e. The van der Waals surface area contributed by atoms with Crippen LogP contribution in [0.3, 0.4) is 0 Å². The third kappa shape index (κ3) is 3.26. The summed E-state index contributed by atoms with van der Waals surface area (Å²) in [6, 6.07) is 16.0. The Morgan fingerprint density at radius 1 is 1.05 bits per heavy atom. The summed E-state index contributed by atoms with van der Waals surface area (Å²) in [5, 5.41) is 21.7. The lowest BCUT2D eigenvalue weighted by atomic mass is 9.73. The number of hydrogen-bond acceptors (Lipinski definition) is 3. The van der Waals surface area contributed by atoms with Crippen molar-refractivity contribution in [2.45, 2.75) is 12.9 Å². The fourth-order valence-electron chi connectivity index (χ4n) is 2.06. The van der Waals surface area contributed by atoms with E-state index >= 15 is 0 Å². The Bertz CT molecular complexity index is 587. The molecule has 0 bridgehead atoms. The number of carbonyl (C=O) groups is 1. The van der Waals surface area contributed by atoms with E-state index in [0.717, 1.165) is 5.56 Å². The lowest BCUT2D eigenvalue weighted by molar-refractivity contribution is 0.0942. The quantitative estimate of drug-likeness (QED) is 0.736. The summed E-state index contributed by atoms with van der Waals surface area (Å²) in [6.45, 7) is 1.86. The van der Waals surface area contributed by atoms with Gasteiger partial charge in [0.15, 0.2) is 0 Å². The molecule has 0 radical (unpaired) electrons. The first-order valence-corrected chi connectivity index (χ1v) is 6.37. The van der Waals surface area contributed by atoms with Crippen LogP contribution >= 0.6 is 0 Å². The van der Waals surface area contributed by atoms with E-state index in [-0.39, 0.29) is 5.91 Å². The molecule has 0 aromatic heterocycles. The molecule has 20 heavy (non-hydrogen) atoms. The Morgan fingerprint density at radius 2 is 1.65 bits per heavy atom. The Kier molecular flexibility index (Phi) is 4.55. The summed E-state index contributed by atoms with van der Waals surface area (Å²) >= 11 is 0. The van der Waals surface area contributed by atoms with Crippen LogP contribution in [0, 0.1) is 6.92 Å². The summed E-state index contributed by atoms with van der Waals surface area (Å²) in [5.41, 5.74) is 2.05. The first kappa shape index (κ1) is 14.3. The number of aryl methyl sites for hydroxylation is 1. The molecule has 4 nitrogen and oxygen atoms in total. The summed E-state index contributed by atoms with van der Waals surface area (Å²) < 4.78 is 0. The predicted molar refractivity (Wildman–Crippen MR) is 78.0 cm³/mol. The van der Waals surface area contributed by atoms with Crippen molar-refractivity contribution in [2.24, 2.45) is 0 Å². The lowest BCUT2D eigenvalue weighted by Crippen LogP contribution is -2.39. The number of carbonyl (C=O) groups excluding carboxylic acids is 1. The lowest BCUT2D eigenvalue weighted by Gasteiger charge is -2.20. The molecule has 0 fully saturated rings. The molecule has 1 atom stereocenters. The van der Waals surface area contributed by atoms with Gasteiger partial charge < -0.3 is 15.4 Å². The van der Waals surface area contributed by atoms with Crippen molar-refractivity contribution in [1.29, 1.82) is 0 Å². The second-order valence-electron chi connectivity index (χ2n) is 4.59. The maximum atomic E-state index is 12.1. The van der Waals surface area contributed by atoms with Crippen molar-refractivity contribution >= 4 is 13.0 Å². The van der Waals surface area contributed by atoms with Gasteiger partial charge in [0, 0.05) is 5.56 Å². The van der Waals surface area contributed by atoms with E-state index in [1.807, 2.05) is 25.1 Å². The van der Waals surface area contributed by atoms with E-state index in [4.69, 9.17) is 0 Å². The molecule has 3 N–H and O–H groups in total. The van der Waals surface area contributed by atoms with E-state index < -0.39 is 13.1 Å². The average Bonchev–Trinajstić information content (AvgIpc) is 2.46. The summed E-state index contributed by atoms with van der Waals surface area (Å²) in [7, 11) is -1.66. The molecule has 0 spiro atoms. The largest absolute Gasteiger partial charge is 0.480 e. The maximum Gasteiger partial charge on any atom is 0.480 e. The van der Waals surface area contributed by atoms with E-state index in [9.17, 15) is 14.8 Å². The molecule has 2 aromatic carbocycles. The van der Waals surface area contributed by atoms with E-state index in [1.54, 1.807) is 36.4 Å². The third-order valence-electron chi connectivity index (χ3n) is 3.14. The van der Waals surface area contributed by atoms with Gasteiger partial charge in [-0.3, -0.25) is 4.79 Å². The van der Waals surface area contributed by atoms with Gasteiger partial charge in [-0.25, -0.2) is 0 Å². The van der Waals surface area contributed by atoms with Gasteiger partial charge in [-0.05, 0) is 30.2 Å². The Labute approximate surface area is 118 Å². The predicted octanol–water partition coefficient (Wildman–Crippen LogP) is 1.48. The van der Waals surface area contributed by atoms with Crippen LogP contribution in [0.25, 0.3) is 0 Å². The smallest absolute Gasteiger partial charge is 0.426 e. The highest BCUT2D eigenvalue weighted by atomic mass is 16.4. The molecule has 102 valence electrons. The van der Waals surface area contributed by atoms with Gasteiger partial charge >= 0.3 is 7.12 Å². The SMILES string of the molecule is Cc1ccccc1C(NC(=O)c1ccccc1)B(O)O. The van der Waals surface area contributed by atoms with E-state index in [1.165, 1.54) is 0 Å². The molecule has 5 heteroatoms. The zero-order valence-corrected chi connectivity index (χ0v) is 11.2. The normalized spacial score (nSPS) is 11.8. The van der Waals surface area contributed by atoms with Crippen LogP contribution in [-0.2, 0) is 0 Å². The fourth-order valence-corrected chi connectivity index (χ4v) is 2.06. The minimum atomic E-state index is -1.66. The number of amides is 1. The van der Waals surface area contributed by atoms with Crippen molar-refractivity contribution in [3.05, 3.63) is 71.3 Å². The first-order chi connectivity index (χ1) is 9.59. The number of benzene rings is 2. The topological polar surface area (TPSA) is 69.6 Å². The summed E-state index contributed by atoms with van der Waals surface area (Å²) in [6.07, 6.45) is 0. The molecule has 0 heterocycles. The van der Waals surface area contributed by atoms with Crippen LogP contribution in [0.4, 0.5) is 0 Å². The minimum absolute atomic E-state index is 0.341. The third-order valence-corrected chi connectivity index (χ3v) is 3.14. The van der Waals surface area contributed by atoms with Crippen LogP contribution in [-0.4, -0.2) is 23.1 Å². The van der Waals surface area contributed by atoms with Crippen LogP contribution in [0.5, 0.6) is 0 Å². The van der Waals surface area contributed by atoms with Crippen LogP contribution in [0.15, 0.2) is 54.6 Å². The highest BCUT2D eigenvalue weighted by Crippen LogP contribution is 2.19. The Morgan fingerprint density at radius 3 is 2.25 bits per heavy atom. The van der Waals surface area contributed by atoms with Crippen molar-refractivity contribution in [3.63, 3.8) is 0 Å². The number of hydrogen-bond donors (Lipinski definition) is 3. The van der Waals surface area contributed by atoms with Crippen LogP contribution < -0.4 is 5.32 Å². The van der Waals surface area contributed by atoms with Crippen molar-refractivity contribution in [1.82, 2.24) is 5.32 Å². The second kappa shape index (κ2) is 6.37. The van der Waals surface area contributed by atoms with Gasteiger partial charge in [0.2, 0.25) is 0 Å². The molecule has 2 rings (SSSR count). The number of nitrogens with one attached hydrogen (secondary N) is 1. The number of rotatable bonds is 4. The zero-order chi connectivity index (χ0) is 14.5. The highest BCUT2D eigenvalue weighted by Gasteiger charge is 2.28. The van der Waals surface area contributed by atoms with Gasteiger partial charge in [-0.2, -0.15) is 0 Å². The van der Waals surface area contributed by atoms with Crippen LogP contribution in [0.2, 0.25) is 0 Å². The van der Waals surface area contributed by atoms with E-state index in [2.05, 4.69) is 5.32 Å². The molecule has 0 aliphatic rings. The Balaban J connectivity index is 2.23. The van der Waals surface area contributed by atoms with Crippen molar-refractivity contribution in [3.8, 4) is 0 Å². The summed E-state index contributed by atoms with van der Waals surface area (Å²) in [4.78, 5) is 12.1. The molecule has 0 aliphatic carbocycles. The van der Waals surface area contributed by atoms with Gasteiger partial charge in [-0.15, -0.1) is 0 Å². The van der Waals surface area contributed by atoms with E-state index in [0.29, 0.717) is 11.1 Å². The van der Waals surface area contributed by atoms with Crippen molar-refractivity contribution < 1.29 is 14.8 Å². The molecule has 0 saturated carbocycles. The molecule has 0 aliphatic heterocycles. The fraction of sp³-hybridized carbons (Fsp3) is 0.133. The molecular weight excluding hydrogens is 253 g/mol. The van der Waals surface area contributed by atoms with Gasteiger partial charge in [-0.1, -0.05) is 42.5 Å². The molecule has 1 amide bonds. The van der Waals surface area contributed by atoms with Crippen LogP contribution in [0.1, 0.15) is 27.4 Å². The van der Waals surface area contributed by atoms with Gasteiger partial charge in [0.05, 0.1) is 5.94 Å².